The van der Waals surface area contributed by atoms with Crippen molar-refractivity contribution in [1.29, 1.82) is 0 Å². The van der Waals surface area contributed by atoms with Crippen LogP contribution >= 0.6 is 0 Å². The van der Waals surface area contributed by atoms with Gasteiger partial charge in [0, 0.05) is 31.6 Å². The van der Waals surface area contributed by atoms with Crippen LogP contribution in [-0.2, 0) is 13.0 Å². The van der Waals surface area contributed by atoms with Crippen molar-refractivity contribution in [1.82, 2.24) is 15.5 Å². The van der Waals surface area contributed by atoms with Crippen molar-refractivity contribution in [3.05, 3.63) is 52.2 Å². The van der Waals surface area contributed by atoms with Crippen molar-refractivity contribution < 1.29 is 9.45 Å². The van der Waals surface area contributed by atoms with Gasteiger partial charge in [0.2, 0.25) is 6.39 Å². The number of non-ortho nitro benzene ring substituents is 1. The Hall–Kier alpha value is -2.28. The van der Waals surface area contributed by atoms with Crippen molar-refractivity contribution >= 4 is 5.69 Å². The molecule has 0 bridgehead atoms. The highest BCUT2D eigenvalue weighted by Crippen LogP contribution is 2.11. The molecule has 0 aliphatic heterocycles. The highest BCUT2D eigenvalue weighted by molar-refractivity contribution is 5.32. The molecular formula is C11H12N4O3. The molecular weight excluding hydrogens is 236 g/mol. The molecule has 0 amide bonds. The van der Waals surface area contributed by atoms with Gasteiger partial charge in [-0.15, -0.1) is 0 Å². The molecule has 0 saturated carbocycles. The lowest BCUT2D eigenvalue weighted by Gasteiger charge is -2.02. The average Bonchev–Trinajstić information content (AvgIpc) is 2.88. The molecule has 2 aromatic rings. The SMILES string of the molecule is O=[N+]([O-])c1ccc(CNCCc2ncon2)cc1. The molecule has 0 atom stereocenters. The van der Waals surface area contributed by atoms with E-state index in [1.165, 1.54) is 18.5 Å². The Kier molecular flexibility index (Phi) is 3.98. The summed E-state index contributed by atoms with van der Waals surface area (Å²) in [6.07, 6.45) is 1.98. The van der Waals surface area contributed by atoms with Crippen LogP contribution in [0.2, 0.25) is 0 Å². The number of rotatable bonds is 6. The molecule has 0 aliphatic rings. The first kappa shape index (κ1) is 12.2. The van der Waals surface area contributed by atoms with Gasteiger partial charge in [0.05, 0.1) is 4.92 Å². The summed E-state index contributed by atoms with van der Waals surface area (Å²) < 4.78 is 4.61. The van der Waals surface area contributed by atoms with Gasteiger partial charge in [-0.3, -0.25) is 10.1 Å². The summed E-state index contributed by atoms with van der Waals surface area (Å²) in [5.74, 6) is 0.659. The Balaban J connectivity index is 1.75. The molecule has 0 fully saturated rings. The minimum absolute atomic E-state index is 0.102. The summed E-state index contributed by atoms with van der Waals surface area (Å²) in [5.41, 5.74) is 1.10. The molecule has 0 saturated heterocycles. The maximum absolute atomic E-state index is 10.5. The van der Waals surface area contributed by atoms with Crippen molar-refractivity contribution in [2.45, 2.75) is 13.0 Å². The van der Waals surface area contributed by atoms with E-state index in [9.17, 15) is 10.1 Å². The molecule has 1 aromatic carbocycles. The normalized spacial score (nSPS) is 10.4. The summed E-state index contributed by atoms with van der Waals surface area (Å²) in [6, 6.07) is 6.46. The van der Waals surface area contributed by atoms with Crippen molar-refractivity contribution in [2.24, 2.45) is 0 Å². The number of hydrogen-bond acceptors (Lipinski definition) is 6. The first-order valence-electron chi connectivity index (χ1n) is 5.45. The van der Waals surface area contributed by atoms with Gasteiger partial charge in [-0.2, -0.15) is 4.98 Å². The van der Waals surface area contributed by atoms with E-state index in [1.54, 1.807) is 12.1 Å². The first-order chi connectivity index (χ1) is 8.75. The third-order valence-electron chi connectivity index (χ3n) is 2.41. The molecule has 0 radical (unpaired) electrons. The minimum atomic E-state index is -0.409. The van der Waals surface area contributed by atoms with E-state index < -0.39 is 4.92 Å². The van der Waals surface area contributed by atoms with E-state index in [4.69, 9.17) is 0 Å². The number of benzene rings is 1. The van der Waals surface area contributed by atoms with E-state index in [0.717, 1.165) is 12.1 Å². The Morgan fingerprint density at radius 2 is 2.11 bits per heavy atom. The molecule has 0 spiro atoms. The van der Waals surface area contributed by atoms with Crippen LogP contribution in [-0.4, -0.2) is 21.6 Å². The number of aromatic nitrogens is 2. The summed E-state index contributed by atoms with van der Waals surface area (Å²) in [6.45, 7) is 1.37. The van der Waals surface area contributed by atoms with Gasteiger partial charge in [0.25, 0.3) is 5.69 Å². The topological polar surface area (TPSA) is 94.1 Å². The number of nitro groups is 1. The fourth-order valence-electron chi connectivity index (χ4n) is 1.47. The van der Waals surface area contributed by atoms with Crippen molar-refractivity contribution in [3.8, 4) is 0 Å². The lowest BCUT2D eigenvalue weighted by atomic mass is 10.2. The first-order valence-corrected chi connectivity index (χ1v) is 5.45. The van der Waals surface area contributed by atoms with Gasteiger partial charge >= 0.3 is 0 Å². The Labute approximate surface area is 103 Å². The molecule has 18 heavy (non-hydrogen) atoms. The molecule has 1 N–H and O–H groups in total. The van der Waals surface area contributed by atoms with Crippen LogP contribution < -0.4 is 5.32 Å². The van der Waals surface area contributed by atoms with E-state index >= 15 is 0 Å². The van der Waals surface area contributed by atoms with Crippen LogP contribution in [0.5, 0.6) is 0 Å². The second-order valence-electron chi connectivity index (χ2n) is 3.70. The largest absolute Gasteiger partial charge is 0.343 e. The van der Waals surface area contributed by atoms with Crippen molar-refractivity contribution in [3.63, 3.8) is 0 Å². The second-order valence-corrected chi connectivity index (χ2v) is 3.70. The summed E-state index contributed by atoms with van der Waals surface area (Å²) in [7, 11) is 0. The van der Waals surface area contributed by atoms with Gasteiger partial charge in [0.15, 0.2) is 5.82 Å². The van der Waals surface area contributed by atoms with Crippen LogP contribution in [0, 0.1) is 10.1 Å². The third-order valence-corrected chi connectivity index (χ3v) is 2.41. The highest BCUT2D eigenvalue weighted by atomic mass is 16.6. The summed E-state index contributed by atoms with van der Waals surface area (Å²) in [5, 5.41) is 17.4. The number of nitrogens with one attached hydrogen (secondary N) is 1. The predicted octanol–water partition coefficient (Wildman–Crippen LogP) is 1.31. The van der Waals surface area contributed by atoms with Crippen LogP contribution in [0.3, 0.4) is 0 Å². The Morgan fingerprint density at radius 3 is 2.72 bits per heavy atom. The molecule has 94 valence electrons. The maximum Gasteiger partial charge on any atom is 0.269 e. The van der Waals surface area contributed by atoms with Crippen LogP contribution in [0.25, 0.3) is 0 Å². The third kappa shape index (κ3) is 3.36. The number of nitrogens with zero attached hydrogens (tertiary/aromatic N) is 3. The monoisotopic (exact) mass is 248 g/mol. The predicted molar refractivity (Wildman–Crippen MR) is 62.8 cm³/mol. The van der Waals surface area contributed by atoms with Gasteiger partial charge in [-0.05, 0) is 5.56 Å². The number of hydrogen-bond donors (Lipinski definition) is 1. The fourth-order valence-corrected chi connectivity index (χ4v) is 1.47. The summed E-state index contributed by atoms with van der Waals surface area (Å²) >= 11 is 0. The molecule has 7 nitrogen and oxygen atoms in total. The molecule has 1 aromatic heterocycles. The number of nitro benzene ring substituents is 1. The van der Waals surface area contributed by atoms with Gasteiger partial charge < -0.3 is 9.84 Å². The standard InChI is InChI=1S/C11H12N4O3/c16-15(17)10-3-1-9(2-4-10)7-12-6-5-11-13-8-18-14-11/h1-4,8,12H,5-7H2. The molecule has 7 heteroatoms. The zero-order valence-electron chi connectivity index (χ0n) is 9.57. The quantitative estimate of drug-likeness (QED) is 0.470. The van der Waals surface area contributed by atoms with E-state index in [-0.39, 0.29) is 5.69 Å². The van der Waals surface area contributed by atoms with Crippen LogP contribution in [0.15, 0.2) is 35.2 Å². The van der Waals surface area contributed by atoms with Gasteiger partial charge in [-0.1, -0.05) is 17.3 Å². The summed E-state index contributed by atoms with van der Waals surface area (Å²) in [4.78, 5) is 14.0. The molecule has 2 rings (SSSR count). The van der Waals surface area contributed by atoms with Crippen molar-refractivity contribution in [2.75, 3.05) is 6.54 Å². The van der Waals surface area contributed by atoms with E-state index in [1.807, 2.05) is 0 Å². The smallest absolute Gasteiger partial charge is 0.269 e. The molecule has 0 aliphatic carbocycles. The zero-order chi connectivity index (χ0) is 12.8. The van der Waals surface area contributed by atoms with Gasteiger partial charge in [-0.25, -0.2) is 0 Å². The maximum atomic E-state index is 10.5. The molecule has 0 unspecified atom stereocenters. The minimum Gasteiger partial charge on any atom is -0.343 e. The lowest BCUT2D eigenvalue weighted by Crippen LogP contribution is -2.17. The van der Waals surface area contributed by atoms with Crippen LogP contribution in [0.4, 0.5) is 5.69 Å². The van der Waals surface area contributed by atoms with E-state index in [0.29, 0.717) is 18.8 Å². The lowest BCUT2D eigenvalue weighted by molar-refractivity contribution is -0.384. The van der Waals surface area contributed by atoms with Crippen LogP contribution in [0.1, 0.15) is 11.4 Å². The highest BCUT2D eigenvalue weighted by Gasteiger charge is 2.03. The zero-order valence-corrected chi connectivity index (χ0v) is 9.57. The average molecular weight is 248 g/mol. The molecule has 1 heterocycles. The Bertz CT molecular complexity index is 496. The Morgan fingerprint density at radius 1 is 1.33 bits per heavy atom. The second kappa shape index (κ2) is 5.87. The van der Waals surface area contributed by atoms with E-state index in [2.05, 4.69) is 20.0 Å². The fraction of sp³-hybridized carbons (Fsp3) is 0.273. The van der Waals surface area contributed by atoms with Gasteiger partial charge in [0.1, 0.15) is 0 Å².